The summed E-state index contributed by atoms with van der Waals surface area (Å²) in [6.07, 6.45) is 2.98. The van der Waals surface area contributed by atoms with Gasteiger partial charge in [0, 0.05) is 24.2 Å². The lowest BCUT2D eigenvalue weighted by atomic mass is 9.91. The van der Waals surface area contributed by atoms with Crippen LogP contribution in [0.15, 0.2) is 57.4 Å². The smallest absolute Gasteiger partial charge is 0.307 e. The van der Waals surface area contributed by atoms with E-state index in [1.54, 1.807) is 4.90 Å². The molecule has 3 aliphatic heterocycles. The van der Waals surface area contributed by atoms with E-state index in [0.29, 0.717) is 66.8 Å². The predicted octanol–water partition coefficient (Wildman–Crippen LogP) is 6.15. The first-order chi connectivity index (χ1) is 24.2. The van der Waals surface area contributed by atoms with Crippen molar-refractivity contribution in [3.63, 3.8) is 0 Å². The Labute approximate surface area is 289 Å². The van der Waals surface area contributed by atoms with Crippen LogP contribution in [0.1, 0.15) is 53.0 Å². The Morgan fingerprint density at radius 1 is 0.900 bits per heavy atom. The Morgan fingerprint density at radius 2 is 1.58 bits per heavy atom. The molecule has 50 heavy (non-hydrogen) atoms. The lowest BCUT2D eigenvalue weighted by Gasteiger charge is -2.20. The zero-order valence-electron chi connectivity index (χ0n) is 28.2. The number of hydrogen-bond acceptors (Lipinski definition) is 9. The Hall–Kier alpha value is -5.31. The van der Waals surface area contributed by atoms with Gasteiger partial charge in [-0.05, 0) is 105 Å². The largest absolute Gasteiger partial charge is 0.481 e. The molecule has 254 valence electrons. The number of aliphatic carboxylic acids is 1. The van der Waals surface area contributed by atoms with E-state index in [-0.39, 0.29) is 12.5 Å². The van der Waals surface area contributed by atoms with Crippen LogP contribution in [0.4, 0.5) is 0 Å². The van der Waals surface area contributed by atoms with Crippen LogP contribution in [0.25, 0.3) is 45.1 Å². The van der Waals surface area contributed by atoms with Crippen molar-refractivity contribution in [3.8, 4) is 40.1 Å². The fourth-order valence-electron chi connectivity index (χ4n) is 7.70. The van der Waals surface area contributed by atoms with Crippen LogP contribution in [-0.4, -0.2) is 74.4 Å². The van der Waals surface area contributed by atoms with Gasteiger partial charge in [-0.25, -0.2) is 9.97 Å². The van der Waals surface area contributed by atoms with Gasteiger partial charge in [-0.3, -0.25) is 19.4 Å². The Kier molecular flexibility index (Phi) is 8.21. The number of rotatable bonds is 8. The summed E-state index contributed by atoms with van der Waals surface area (Å²) in [5.41, 5.74) is 9.34. The van der Waals surface area contributed by atoms with Crippen LogP contribution in [0, 0.1) is 31.1 Å². The fourth-order valence-corrected chi connectivity index (χ4v) is 7.70. The number of likely N-dealkylation sites (tertiary alicyclic amines) is 2. The van der Waals surface area contributed by atoms with Crippen molar-refractivity contribution < 1.29 is 23.5 Å². The van der Waals surface area contributed by atoms with E-state index in [9.17, 15) is 20.0 Å². The average Bonchev–Trinajstić information content (AvgIpc) is 3.94. The minimum Gasteiger partial charge on any atom is -0.481 e. The van der Waals surface area contributed by atoms with Crippen LogP contribution in [0.5, 0.6) is 0 Å². The first-order valence-corrected chi connectivity index (χ1v) is 17.2. The van der Waals surface area contributed by atoms with E-state index < -0.39 is 11.9 Å². The number of carbonyl (C=O) groups is 2. The van der Waals surface area contributed by atoms with Crippen molar-refractivity contribution in [1.82, 2.24) is 24.7 Å². The number of carboxylic acids is 1. The lowest BCUT2D eigenvalue weighted by Crippen LogP contribution is -2.37. The SMILES string of the molecule is Cc1c(-c2nc3c(o2)CN(C(=O)CN2CCC(C(=O)O)C2)C3)cccc1-c1cccc(-c2nc3cc(CN4CCCC4)cc(C#N)c3o2)c1C. The van der Waals surface area contributed by atoms with Crippen molar-refractivity contribution in [3.05, 3.63) is 82.2 Å². The molecule has 2 fully saturated rings. The number of carboxylic acid groups (broad SMARTS) is 1. The zero-order valence-corrected chi connectivity index (χ0v) is 28.2. The van der Waals surface area contributed by atoms with E-state index >= 15 is 0 Å². The van der Waals surface area contributed by atoms with E-state index in [0.717, 1.165) is 64.3 Å². The standard InChI is InChI=1S/C39H38N6O5/c1-23-28(7-5-9-30(23)37-42-33-20-45(21-34(33)49-37)35(46)22-44-14-11-26(19-44)39(47)48)29-8-6-10-31(24(29)2)38-41-32-16-25(18-43-12-3-4-13-43)15-27(17-40)36(32)50-38/h5-10,15-16,26H,3-4,11-14,18-22H2,1-2H3,(H,47,48). The molecule has 11 nitrogen and oxygen atoms in total. The summed E-state index contributed by atoms with van der Waals surface area (Å²) in [4.78, 5) is 40.1. The van der Waals surface area contributed by atoms with Gasteiger partial charge in [0.1, 0.15) is 23.0 Å². The van der Waals surface area contributed by atoms with Gasteiger partial charge in [0.05, 0.1) is 31.1 Å². The zero-order chi connectivity index (χ0) is 34.5. The molecule has 1 atom stereocenters. The second-order valence-corrected chi connectivity index (χ2v) is 13.8. The number of carbonyl (C=O) groups excluding carboxylic acids is 1. The molecule has 2 aromatic heterocycles. The van der Waals surface area contributed by atoms with Gasteiger partial charge in [0.25, 0.3) is 0 Å². The second-order valence-electron chi connectivity index (χ2n) is 13.8. The molecule has 5 aromatic rings. The highest BCUT2D eigenvalue weighted by molar-refractivity contribution is 5.85. The highest BCUT2D eigenvalue weighted by atomic mass is 16.4. The molecular weight excluding hydrogens is 632 g/mol. The molecule has 0 radical (unpaired) electrons. The molecule has 0 spiro atoms. The molecule has 1 amide bonds. The van der Waals surface area contributed by atoms with Crippen molar-refractivity contribution in [2.24, 2.45) is 5.92 Å². The lowest BCUT2D eigenvalue weighted by molar-refractivity contribution is -0.141. The highest BCUT2D eigenvalue weighted by Gasteiger charge is 2.33. The maximum absolute atomic E-state index is 13.0. The van der Waals surface area contributed by atoms with Gasteiger partial charge in [0.15, 0.2) is 5.58 Å². The minimum atomic E-state index is -0.806. The third-order valence-corrected chi connectivity index (χ3v) is 10.5. The summed E-state index contributed by atoms with van der Waals surface area (Å²) in [5.74, 6) is 0.411. The molecule has 5 heterocycles. The van der Waals surface area contributed by atoms with Crippen LogP contribution in [0.3, 0.4) is 0 Å². The number of nitrogens with zero attached hydrogens (tertiary/aromatic N) is 6. The number of amides is 1. The third kappa shape index (κ3) is 5.84. The molecule has 8 rings (SSSR count). The van der Waals surface area contributed by atoms with Gasteiger partial charge >= 0.3 is 5.97 Å². The van der Waals surface area contributed by atoms with Crippen molar-refractivity contribution in [2.75, 3.05) is 32.7 Å². The summed E-state index contributed by atoms with van der Waals surface area (Å²) in [6.45, 7) is 8.99. The highest BCUT2D eigenvalue weighted by Crippen LogP contribution is 2.39. The van der Waals surface area contributed by atoms with Crippen molar-refractivity contribution in [2.45, 2.75) is 52.7 Å². The van der Waals surface area contributed by atoms with Crippen molar-refractivity contribution >= 4 is 23.0 Å². The normalized spacial score (nSPS) is 17.9. The summed E-state index contributed by atoms with van der Waals surface area (Å²) >= 11 is 0. The molecule has 0 saturated carbocycles. The number of oxazole rings is 2. The van der Waals surface area contributed by atoms with Crippen molar-refractivity contribution in [1.29, 1.82) is 5.26 Å². The maximum Gasteiger partial charge on any atom is 0.307 e. The third-order valence-electron chi connectivity index (χ3n) is 10.5. The second kappa shape index (κ2) is 12.9. The number of fused-ring (bicyclic) bond motifs is 2. The quantitative estimate of drug-likeness (QED) is 0.204. The summed E-state index contributed by atoms with van der Waals surface area (Å²) in [7, 11) is 0. The topological polar surface area (TPSA) is 140 Å². The molecule has 3 aromatic carbocycles. The van der Waals surface area contributed by atoms with Crippen LogP contribution in [-0.2, 0) is 29.2 Å². The molecule has 0 bridgehead atoms. The maximum atomic E-state index is 13.0. The number of nitriles is 1. The van der Waals surface area contributed by atoms with Gasteiger partial charge in [0.2, 0.25) is 17.7 Å². The van der Waals surface area contributed by atoms with Crippen LogP contribution >= 0.6 is 0 Å². The Balaban J connectivity index is 1.03. The van der Waals surface area contributed by atoms with E-state index in [2.05, 4.69) is 36.9 Å². The Morgan fingerprint density at radius 3 is 2.22 bits per heavy atom. The van der Waals surface area contributed by atoms with Gasteiger partial charge < -0.3 is 18.8 Å². The molecular formula is C39H38N6O5. The molecule has 1 unspecified atom stereocenters. The average molecular weight is 671 g/mol. The minimum absolute atomic E-state index is 0.0513. The van der Waals surface area contributed by atoms with E-state index in [1.165, 1.54) is 12.8 Å². The van der Waals surface area contributed by atoms with Gasteiger partial charge in [-0.2, -0.15) is 5.26 Å². The monoisotopic (exact) mass is 670 g/mol. The summed E-state index contributed by atoms with van der Waals surface area (Å²) < 4.78 is 12.5. The summed E-state index contributed by atoms with van der Waals surface area (Å²) in [6, 6.07) is 18.4. The predicted molar refractivity (Wildman–Crippen MR) is 186 cm³/mol. The van der Waals surface area contributed by atoms with E-state index in [4.69, 9.17) is 18.8 Å². The Bertz CT molecular complexity index is 2170. The first-order valence-electron chi connectivity index (χ1n) is 17.2. The van der Waals surface area contributed by atoms with Gasteiger partial charge in [-0.15, -0.1) is 0 Å². The fraction of sp³-hybridized carbons (Fsp3) is 0.359. The van der Waals surface area contributed by atoms with Crippen LogP contribution in [0.2, 0.25) is 0 Å². The van der Waals surface area contributed by atoms with Crippen LogP contribution < -0.4 is 0 Å². The molecule has 2 saturated heterocycles. The number of aromatic nitrogens is 2. The number of hydrogen-bond donors (Lipinski definition) is 1. The molecule has 0 aliphatic carbocycles. The molecule has 1 N–H and O–H groups in total. The molecule has 11 heteroatoms. The summed E-state index contributed by atoms with van der Waals surface area (Å²) in [5, 5.41) is 19.2. The van der Waals surface area contributed by atoms with E-state index in [1.807, 2.05) is 41.3 Å². The van der Waals surface area contributed by atoms with Gasteiger partial charge in [-0.1, -0.05) is 24.3 Å². The number of benzene rings is 3. The molecule has 3 aliphatic rings. The first kappa shape index (κ1) is 31.9.